The zero-order valence-corrected chi connectivity index (χ0v) is 17.8. The van der Waals surface area contributed by atoms with Gasteiger partial charge in [-0.05, 0) is 43.2 Å². The second-order valence-electron chi connectivity index (χ2n) is 7.52. The topological polar surface area (TPSA) is 72.3 Å². The number of aryl methyl sites for hydroxylation is 1. The van der Waals surface area contributed by atoms with Crippen LogP contribution in [0.15, 0.2) is 36.4 Å². The molecule has 1 saturated heterocycles. The van der Waals surface area contributed by atoms with Crippen LogP contribution in [-0.4, -0.2) is 44.8 Å². The van der Waals surface area contributed by atoms with Gasteiger partial charge in [-0.2, -0.15) is 0 Å². The minimum atomic E-state index is -4.75. The third-order valence-corrected chi connectivity index (χ3v) is 6.27. The Labute approximate surface area is 184 Å². The smallest absolute Gasteiger partial charge is 0.406 e. The maximum absolute atomic E-state index is 12.7. The first kappa shape index (κ1) is 20.6. The normalized spacial score (nSPS) is 14.4. The molecule has 1 N–H and O–H groups in total. The molecule has 1 fully saturated rings. The lowest BCUT2D eigenvalue weighted by Gasteiger charge is -2.14. The van der Waals surface area contributed by atoms with Crippen molar-refractivity contribution in [1.29, 1.82) is 0 Å². The number of rotatable bonds is 4. The standard InChI is InChI=1S/C21H18F3N5O2S/c1-28-16-7-4-12(18(30)29-8-2-3-9-29)10-15(16)25-19(28)27-20-26-14-6-5-13(11-17(14)32-20)31-21(22,23)24/h4-7,10-11H,2-3,8-9H2,1H3,(H,25,26,27). The molecule has 0 bridgehead atoms. The number of nitrogens with one attached hydrogen (secondary N) is 1. The number of ether oxygens (including phenoxy) is 1. The number of carbonyl (C=O) groups is 1. The Morgan fingerprint density at radius 1 is 1.09 bits per heavy atom. The Morgan fingerprint density at radius 2 is 1.88 bits per heavy atom. The van der Waals surface area contributed by atoms with Crippen molar-refractivity contribution in [1.82, 2.24) is 19.4 Å². The SMILES string of the molecule is Cn1c(Nc2nc3ccc(OC(F)(F)F)cc3s2)nc2cc(C(=O)N3CCCC3)ccc21. The number of anilines is 2. The van der Waals surface area contributed by atoms with Gasteiger partial charge in [-0.3, -0.25) is 4.79 Å². The number of likely N-dealkylation sites (tertiary alicyclic amines) is 1. The van der Waals surface area contributed by atoms with E-state index >= 15 is 0 Å². The molecule has 1 aliphatic rings. The number of hydrogen-bond donors (Lipinski definition) is 1. The van der Waals surface area contributed by atoms with E-state index in [0.717, 1.165) is 31.4 Å². The first-order valence-corrected chi connectivity index (χ1v) is 10.8. The molecule has 11 heteroatoms. The zero-order chi connectivity index (χ0) is 22.5. The lowest BCUT2D eigenvalue weighted by Crippen LogP contribution is -2.27. The van der Waals surface area contributed by atoms with Crippen LogP contribution in [0.3, 0.4) is 0 Å². The molecule has 32 heavy (non-hydrogen) atoms. The highest BCUT2D eigenvalue weighted by Crippen LogP contribution is 2.33. The average Bonchev–Trinajstić information content (AvgIpc) is 3.46. The number of carbonyl (C=O) groups excluding carboxylic acids is 1. The van der Waals surface area contributed by atoms with E-state index in [0.29, 0.717) is 32.4 Å². The monoisotopic (exact) mass is 461 g/mol. The van der Waals surface area contributed by atoms with Gasteiger partial charge in [-0.15, -0.1) is 13.2 Å². The summed E-state index contributed by atoms with van der Waals surface area (Å²) < 4.78 is 43.8. The van der Waals surface area contributed by atoms with Gasteiger partial charge < -0.3 is 19.5 Å². The molecule has 1 amide bonds. The molecule has 0 unspecified atom stereocenters. The molecule has 166 valence electrons. The van der Waals surface area contributed by atoms with Crippen molar-refractivity contribution in [3.8, 4) is 5.75 Å². The number of benzene rings is 2. The van der Waals surface area contributed by atoms with E-state index < -0.39 is 6.36 Å². The summed E-state index contributed by atoms with van der Waals surface area (Å²) in [6, 6.07) is 9.44. The number of halogens is 3. The van der Waals surface area contributed by atoms with Crippen LogP contribution in [0, 0.1) is 0 Å². The molecule has 0 radical (unpaired) electrons. The minimum absolute atomic E-state index is 0.00705. The van der Waals surface area contributed by atoms with Crippen LogP contribution < -0.4 is 10.1 Å². The van der Waals surface area contributed by atoms with E-state index in [1.54, 1.807) is 12.1 Å². The minimum Gasteiger partial charge on any atom is -0.406 e. The number of aromatic nitrogens is 3. The molecular formula is C21H18F3N5O2S. The fourth-order valence-electron chi connectivity index (χ4n) is 3.80. The van der Waals surface area contributed by atoms with Crippen molar-refractivity contribution in [2.75, 3.05) is 18.4 Å². The molecule has 2 aromatic heterocycles. The Morgan fingerprint density at radius 3 is 2.62 bits per heavy atom. The second kappa shape index (κ2) is 7.66. The first-order chi connectivity index (χ1) is 15.3. The summed E-state index contributed by atoms with van der Waals surface area (Å²) in [5.74, 6) is 0.224. The van der Waals surface area contributed by atoms with E-state index in [9.17, 15) is 18.0 Å². The summed E-state index contributed by atoms with van der Waals surface area (Å²) in [5.41, 5.74) is 2.65. The Balaban J connectivity index is 1.41. The average molecular weight is 461 g/mol. The van der Waals surface area contributed by atoms with Gasteiger partial charge >= 0.3 is 6.36 Å². The first-order valence-electron chi connectivity index (χ1n) is 9.96. The van der Waals surface area contributed by atoms with E-state index in [-0.39, 0.29) is 11.7 Å². The number of nitrogens with zero attached hydrogens (tertiary/aromatic N) is 4. The van der Waals surface area contributed by atoms with Gasteiger partial charge in [0.1, 0.15) is 5.75 Å². The highest BCUT2D eigenvalue weighted by atomic mass is 32.1. The molecule has 7 nitrogen and oxygen atoms in total. The lowest BCUT2D eigenvalue weighted by molar-refractivity contribution is -0.274. The summed E-state index contributed by atoms with van der Waals surface area (Å²) in [7, 11) is 1.84. The summed E-state index contributed by atoms with van der Waals surface area (Å²) in [4.78, 5) is 23.5. The van der Waals surface area contributed by atoms with Crippen molar-refractivity contribution >= 4 is 49.6 Å². The molecule has 0 aliphatic carbocycles. The predicted octanol–water partition coefficient (Wildman–Crippen LogP) is 5.06. The second-order valence-corrected chi connectivity index (χ2v) is 8.55. The fraction of sp³-hybridized carbons (Fsp3) is 0.286. The molecule has 0 spiro atoms. The van der Waals surface area contributed by atoms with E-state index in [1.165, 1.54) is 29.5 Å². The van der Waals surface area contributed by atoms with Gasteiger partial charge in [0.05, 0.1) is 21.3 Å². The summed E-state index contributed by atoms with van der Waals surface area (Å²) in [5, 5.41) is 3.61. The van der Waals surface area contributed by atoms with Crippen LogP contribution >= 0.6 is 11.3 Å². The third kappa shape index (κ3) is 3.95. The highest BCUT2D eigenvalue weighted by molar-refractivity contribution is 7.22. The Bertz CT molecular complexity index is 1320. The number of fused-ring (bicyclic) bond motifs is 2. The zero-order valence-electron chi connectivity index (χ0n) is 16.9. The largest absolute Gasteiger partial charge is 0.573 e. The third-order valence-electron chi connectivity index (χ3n) is 5.33. The van der Waals surface area contributed by atoms with Crippen molar-refractivity contribution < 1.29 is 22.7 Å². The molecule has 4 aromatic rings. The van der Waals surface area contributed by atoms with Crippen LogP contribution in [-0.2, 0) is 7.05 Å². The fourth-order valence-corrected chi connectivity index (χ4v) is 4.69. The van der Waals surface area contributed by atoms with Gasteiger partial charge in [-0.25, -0.2) is 9.97 Å². The lowest BCUT2D eigenvalue weighted by atomic mass is 10.2. The van der Waals surface area contributed by atoms with Crippen molar-refractivity contribution in [3.63, 3.8) is 0 Å². The molecule has 5 rings (SSSR count). The highest BCUT2D eigenvalue weighted by Gasteiger charge is 2.31. The van der Waals surface area contributed by atoms with Crippen molar-refractivity contribution in [2.24, 2.45) is 7.05 Å². The van der Waals surface area contributed by atoms with Gasteiger partial charge in [-0.1, -0.05) is 11.3 Å². The molecule has 2 aromatic carbocycles. The Kier molecular flexibility index (Phi) is 4.92. The maximum atomic E-state index is 12.7. The van der Waals surface area contributed by atoms with Crippen LogP contribution in [0.1, 0.15) is 23.2 Å². The number of thiazole rings is 1. The van der Waals surface area contributed by atoms with E-state index in [1.807, 2.05) is 22.6 Å². The van der Waals surface area contributed by atoms with Gasteiger partial charge in [0.25, 0.3) is 5.91 Å². The van der Waals surface area contributed by atoms with Crippen LogP contribution in [0.2, 0.25) is 0 Å². The van der Waals surface area contributed by atoms with Crippen LogP contribution in [0.5, 0.6) is 5.75 Å². The van der Waals surface area contributed by atoms with Crippen LogP contribution in [0.25, 0.3) is 21.3 Å². The van der Waals surface area contributed by atoms with Gasteiger partial charge in [0.15, 0.2) is 5.13 Å². The summed E-state index contributed by atoms with van der Waals surface area (Å²) in [6.45, 7) is 1.55. The van der Waals surface area contributed by atoms with Gasteiger partial charge in [0.2, 0.25) is 5.95 Å². The van der Waals surface area contributed by atoms with E-state index in [2.05, 4.69) is 20.0 Å². The van der Waals surface area contributed by atoms with Crippen molar-refractivity contribution in [2.45, 2.75) is 19.2 Å². The van der Waals surface area contributed by atoms with Gasteiger partial charge in [0, 0.05) is 31.8 Å². The number of amides is 1. The van der Waals surface area contributed by atoms with Crippen molar-refractivity contribution in [3.05, 3.63) is 42.0 Å². The predicted molar refractivity (Wildman–Crippen MR) is 115 cm³/mol. The quantitative estimate of drug-likeness (QED) is 0.460. The number of alkyl halides is 3. The number of hydrogen-bond acceptors (Lipinski definition) is 6. The molecule has 1 aliphatic heterocycles. The number of imidazole rings is 1. The Hall–Kier alpha value is -3.34. The van der Waals surface area contributed by atoms with E-state index in [4.69, 9.17) is 0 Å². The maximum Gasteiger partial charge on any atom is 0.573 e. The van der Waals surface area contributed by atoms with Crippen LogP contribution in [0.4, 0.5) is 24.3 Å². The summed E-state index contributed by atoms with van der Waals surface area (Å²) in [6.07, 6.45) is -2.70. The molecule has 0 saturated carbocycles. The summed E-state index contributed by atoms with van der Waals surface area (Å²) >= 11 is 1.19. The molecular weight excluding hydrogens is 443 g/mol. The molecule has 0 atom stereocenters. The molecule has 3 heterocycles.